The zero-order valence-electron chi connectivity index (χ0n) is 16.0. The number of carbonyl (C=O) groups excluding carboxylic acids is 3. The van der Waals surface area contributed by atoms with Crippen molar-refractivity contribution in [2.45, 2.75) is 19.8 Å². The molecule has 0 radical (unpaired) electrons. The highest BCUT2D eigenvalue weighted by atomic mass is 35.5. The summed E-state index contributed by atoms with van der Waals surface area (Å²) in [5.41, 5.74) is 1.56. The molecule has 1 fully saturated rings. The Hall–Kier alpha value is -3.06. The van der Waals surface area contributed by atoms with E-state index in [9.17, 15) is 14.4 Å². The molecule has 0 aromatic heterocycles. The number of nitrogens with one attached hydrogen (secondary N) is 2. The van der Waals surface area contributed by atoms with Crippen LogP contribution in [0.15, 0.2) is 42.5 Å². The Balaban J connectivity index is 1.53. The first-order chi connectivity index (χ1) is 14.0. The summed E-state index contributed by atoms with van der Waals surface area (Å²) in [4.78, 5) is 37.8. The normalized spacial score (nSPS) is 13.3. The first-order valence-electron chi connectivity index (χ1n) is 9.38. The van der Waals surface area contributed by atoms with Crippen LogP contribution in [0.2, 0.25) is 5.02 Å². The van der Waals surface area contributed by atoms with E-state index in [1.165, 1.54) is 0 Å². The number of amides is 3. The van der Waals surface area contributed by atoms with E-state index in [0.717, 1.165) is 6.42 Å². The summed E-state index contributed by atoms with van der Waals surface area (Å²) >= 11 is 6.28. The molecule has 1 saturated heterocycles. The molecule has 152 valence electrons. The fourth-order valence-corrected chi connectivity index (χ4v) is 3.33. The minimum Gasteiger partial charge on any atom is -0.494 e. The monoisotopic (exact) mass is 415 g/mol. The molecule has 0 atom stereocenters. The second-order valence-electron chi connectivity index (χ2n) is 6.50. The summed E-state index contributed by atoms with van der Waals surface area (Å²) in [5, 5.41) is 5.64. The number of carbonyl (C=O) groups is 3. The van der Waals surface area contributed by atoms with Gasteiger partial charge in [-0.05, 0) is 55.8 Å². The van der Waals surface area contributed by atoms with Gasteiger partial charge in [0.05, 0.1) is 23.9 Å². The van der Waals surface area contributed by atoms with Gasteiger partial charge >= 0.3 is 0 Å². The average Bonchev–Trinajstić information content (AvgIpc) is 3.13. The number of rotatable bonds is 7. The van der Waals surface area contributed by atoms with Crippen LogP contribution in [0.25, 0.3) is 0 Å². The summed E-state index contributed by atoms with van der Waals surface area (Å²) < 4.78 is 5.33. The van der Waals surface area contributed by atoms with Crippen molar-refractivity contribution in [1.29, 1.82) is 0 Å². The maximum atomic E-state index is 12.2. The number of nitrogens with zero attached hydrogens (tertiary/aromatic N) is 1. The molecule has 0 spiro atoms. The van der Waals surface area contributed by atoms with Gasteiger partial charge in [0.25, 0.3) is 5.91 Å². The molecule has 0 saturated carbocycles. The highest BCUT2D eigenvalue weighted by Gasteiger charge is 2.23. The molecule has 8 heteroatoms. The van der Waals surface area contributed by atoms with Crippen molar-refractivity contribution in [1.82, 2.24) is 5.32 Å². The standard InChI is InChI=1S/C21H22ClN3O4/c1-2-29-16-8-5-14(6-9-16)21(28)23-13-19(26)24-15-7-10-18(17(22)12-15)25-11-3-4-20(25)27/h5-10,12H,2-4,11,13H2,1H3,(H,23,28)(H,24,26). The Kier molecular flexibility index (Phi) is 6.72. The number of hydrogen-bond acceptors (Lipinski definition) is 4. The molecule has 0 aliphatic carbocycles. The second-order valence-corrected chi connectivity index (χ2v) is 6.91. The van der Waals surface area contributed by atoms with Gasteiger partial charge < -0.3 is 20.3 Å². The fourth-order valence-electron chi connectivity index (χ4n) is 3.04. The number of anilines is 2. The lowest BCUT2D eigenvalue weighted by Crippen LogP contribution is -2.32. The SMILES string of the molecule is CCOc1ccc(C(=O)NCC(=O)Nc2ccc(N3CCCC3=O)c(Cl)c2)cc1. The van der Waals surface area contributed by atoms with Gasteiger partial charge in [-0.1, -0.05) is 11.6 Å². The minimum absolute atomic E-state index is 0.0423. The van der Waals surface area contributed by atoms with E-state index in [0.29, 0.717) is 47.3 Å². The third-order valence-electron chi connectivity index (χ3n) is 4.43. The number of hydrogen-bond donors (Lipinski definition) is 2. The maximum absolute atomic E-state index is 12.2. The van der Waals surface area contributed by atoms with Crippen LogP contribution < -0.4 is 20.3 Å². The topological polar surface area (TPSA) is 87.7 Å². The van der Waals surface area contributed by atoms with E-state index >= 15 is 0 Å². The largest absolute Gasteiger partial charge is 0.494 e. The van der Waals surface area contributed by atoms with Gasteiger partial charge in [0.2, 0.25) is 11.8 Å². The van der Waals surface area contributed by atoms with Gasteiger partial charge in [-0.2, -0.15) is 0 Å². The molecule has 0 unspecified atom stereocenters. The molecule has 7 nitrogen and oxygen atoms in total. The molecular weight excluding hydrogens is 394 g/mol. The third-order valence-corrected chi connectivity index (χ3v) is 4.74. The lowest BCUT2D eigenvalue weighted by atomic mass is 10.2. The van der Waals surface area contributed by atoms with E-state index < -0.39 is 0 Å². The van der Waals surface area contributed by atoms with Crippen LogP contribution in [0.5, 0.6) is 5.75 Å². The average molecular weight is 416 g/mol. The van der Waals surface area contributed by atoms with Crippen LogP contribution in [0.1, 0.15) is 30.1 Å². The van der Waals surface area contributed by atoms with Crippen LogP contribution in [0.4, 0.5) is 11.4 Å². The quantitative estimate of drug-likeness (QED) is 0.726. The van der Waals surface area contributed by atoms with Gasteiger partial charge in [-0.25, -0.2) is 0 Å². The summed E-state index contributed by atoms with van der Waals surface area (Å²) in [5.74, 6) is -0.0205. The Morgan fingerprint density at radius 2 is 1.93 bits per heavy atom. The lowest BCUT2D eigenvalue weighted by Gasteiger charge is -2.18. The predicted octanol–water partition coefficient (Wildman–Crippen LogP) is 3.23. The number of halogens is 1. The zero-order chi connectivity index (χ0) is 20.8. The van der Waals surface area contributed by atoms with E-state index in [4.69, 9.17) is 16.3 Å². The Bertz CT molecular complexity index is 915. The summed E-state index contributed by atoms with van der Waals surface area (Å²) in [7, 11) is 0. The van der Waals surface area contributed by atoms with Gasteiger partial charge in [-0.15, -0.1) is 0 Å². The molecular formula is C21H22ClN3O4. The molecule has 2 N–H and O–H groups in total. The Morgan fingerprint density at radius 3 is 2.55 bits per heavy atom. The molecule has 29 heavy (non-hydrogen) atoms. The first-order valence-corrected chi connectivity index (χ1v) is 9.76. The number of ether oxygens (including phenoxy) is 1. The van der Waals surface area contributed by atoms with Crippen LogP contribution in [-0.2, 0) is 9.59 Å². The Labute approximate surface area is 174 Å². The third kappa shape index (κ3) is 5.26. The predicted molar refractivity (Wildman–Crippen MR) is 112 cm³/mol. The Morgan fingerprint density at radius 1 is 1.17 bits per heavy atom. The van der Waals surface area contributed by atoms with Crippen molar-refractivity contribution in [2.24, 2.45) is 0 Å². The summed E-state index contributed by atoms with van der Waals surface area (Å²) in [6.45, 7) is 2.88. The van der Waals surface area contributed by atoms with Crippen molar-refractivity contribution < 1.29 is 19.1 Å². The van der Waals surface area contributed by atoms with Gasteiger partial charge in [0.15, 0.2) is 0 Å². The van der Waals surface area contributed by atoms with E-state index in [1.54, 1.807) is 47.4 Å². The fraction of sp³-hybridized carbons (Fsp3) is 0.286. The van der Waals surface area contributed by atoms with Gasteiger partial charge in [0.1, 0.15) is 5.75 Å². The molecule has 0 bridgehead atoms. The molecule has 2 aromatic rings. The van der Waals surface area contributed by atoms with Crippen LogP contribution in [0.3, 0.4) is 0 Å². The van der Waals surface area contributed by atoms with Crippen molar-refractivity contribution in [3.8, 4) is 5.75 Å². The van der Waals surface area contributed by atoms with Crippen molar-refractivity contribution >= 4 is 40.7 Å². The minimum atomic E-state index is -0.384. The van der Waals surface area contributed by atoms with Crippen molar-refractivity contribution in [3.05, 3.63) is 53.1 Å². The van der Waals surface area contributed by atoms with Crippen molar-refractivity contribution in [3.63, 3.8) is 0 Å². The lowest BCUT2D eigenvalue weighted by molar-refractivity contribution is -0.117. The molecule has 1 aliphatic heterocycles. The second kappa shape index (κ2) is 9.43. The van der Waals surface area contributed by atoms with E-state index in [2.05, 4.69) is 10.6 Å². The summed E-state index contributed by atoms with van der Waals surface area (Å²) in [6.07, 6.45) is 1.32. The molecule has 3 amide bonds. The molecule has 3 rings (SSSR count). The molecule has 1 heterocycles. The smallest absolute Gasteiger partial charge is 0.251 e. The van der Waals surface area contributed by atoms with Crippen LogP contribution in [-0.4, -0.2) is 37.4 Å². The van der Waals surface area contributed by atoms with E-state index in [-0.39, 0.29) is 24.3 Å². The maximum Gasteiger partial charge on any atom is 0.251 e. The van der Waals surface area contributed by atoms with Crippen LogP contribution >= 0.6 is 11.6 Å². The highest BCUT2D eigenvalue weighted by Crippen LogP contribution is 2.31. The van der Waals surface area contributed by atoms with Crippen LogP contribution in [0, 0.1) is 0 Å². The molecule has 2 aromatic carbocycles. The van der Waals surface area contributed by atoms with Gasteiger partial charge in [-0.3, -0.25) is 14.4 Å². The summed E-state index contributed by atoms with van der Waals surface area (Å²) in [6, 6.07) is 11.7. The molecule has 1 aliphatic rings. The van der Waals surface area contributed by atoms with E-state index in [1.807, 2.05) is 6.92 Å². The first kappa shape index (κ1) is 20.7. The van der Waals surface area contributed by atoms with Gasteiger partial charge in [0, 0.05) is 24.2 Å². The number of benzene rings is 2. The highest BCUT2D eigenvalue weighted by molar-refractivity contribution is 6.34. The van der Waals surface area contributed by atoms with Crippen molar-refractivity contribution in [2.75, 3.05) is 29.9 Å². The zero-order valence-corrected chi connectivity index (χ0v) is 16.8.